The molecule has 0 aromatic heterocycles. The van der Waals surface area contributed by atoms with Gasteiger partial charge in [0.05, 0.1) is 21.3 Å². The Hall–Kier alpha value is -0.880. The Labute approximate surface area is 151 Å². The molecule has 1 aromatic carbocycles. The summed E-state index contributed by atoms with van der Waals surface area (Å²) in [6, 6.07) is 3.94. The standard InChI is InChI=1S/C16H26N2O3.2ClH/c1-19-14-5-4-13(15(20-2)16(14)21-3)11-18-10-12-6-8-17-9-7-12;;/h4-5,12,17-18H,6-11H2,1-3H3;2*1H/p-2. The number of piperidine rings is 1. The molecule has 0 aliphatic carbocycles. The van der Waals surface area contributed by atoms with E-state index in [1.165, 1.54) is 12.8 Å². The molecule has 134 valence electrons. The zero-order chi connectivity index (χ0) is 15.1. The third-order valence-corrected chi connectivity index (χ3v) is 3.99. The van der Waals surface area contributed by atoms with Gasteiger partial charge in [0.1, 0.15) is 0 Å². The number of hydrogen-bond donors (Lipinski definition) is 2. The molecule has 2 N–H and O–H groups in total. The summed E-state index contributed by atoms with van der Waals surface area (Å²) in [6.07, 6.45) is 2.49. The number of rotatable bonds is 7. The van der Waals surface area contributed by atoms with Gasteiger partial charge in [-0.3, -0.25) is 0 Å². The molecule has 7 heteroatoms. The van der Waals surface area contributed by atoms with Crippen molar-refractivity contribution in [3.05, 3.63) is 17.7 Å². The SMILES string of the molecule is COc1ccc(CNCC2CCNCC2)c(OC)c1OC.[Cl-].[Cl-]. The van der Waals surface area contributed by atoms with Crippen LogP contribution in [0.2, 0.25) is 0 Å². The quantitative estimate of drug-likeness (QED) is 0.514. The maximum absolute atomic E-state index is 5.50. The summed E-state index contributed by atoms with van der Waals surface area (Å²) in [4.78, 5) is 0. The van der Waals surface area contributed by atoms with E-state index in [4.69, 9.17) is 14.2 Å². The number of methoxy groups -OCH3 is 3. The molecule has 1 fully saturated rings. The second kappa shape index (κ2) is 11.6. The molecule has 0 unspecified atom stereocenters. The van der Waals surface area contributed by atoms with E-state index in [1.807, 2.05) is 12.1 Å². The molecule has 5 nitrogen and oxygen atoms in total. The van der Waals surface area contributed by atoms with Gasteiger partial charge in [0.15, 0.2) is 11.5 Å². The van der Waals surface area contributed by atoms with Crippen molar-refractivity contribution in [3.8, 4) is 17.2 Å². The van der Waals surface area contributed by atoms with Crippen molar-refractivity contribution in [3.63, 3.8) is 0 Å². The molecule has 0 saturated carbocycles. The fourth-order valence-corrected chi connectivity index (χ4v) is 2.80. The summed E-state index contributed by atoms with van der Waals surface area (Å²) in [7, 11) is 4.92. The van der Waals surface area contributed by atoms with Crippen LogP contribution in [0.15, 0.2) is 12.1 Å². The fraction of sp³-hybridized carbons (Fsp3) is 0.625. The molecule has 0 radical (unpaired) electrons. The molecule has 1 saturated heterocycles. The number of hydrogen-bond acceptors (Lipinski definition) is 5. The summed E-state index contributed by atoms with van der Waals surface area (Å²) in [5.41, 5.74) is 1.09. The zero-order valence-corrected chi connectivity index (χ0v) is 15.5. The smallest absolute Gasteiger partial charge is 0.203 e. The third kappa shape index (κ3) is 5.92. The highest BCUT2D eigenvalue weighted by Crippen LogP contribution is 2.39. The lowest BCUT2D eigenvalue weighted by atomic mass is 9.98. The predicted molar refractivity (Wildman–Crippen MR) is 83.4 cm³/mol. The van der Waals surface area contributed by atoms with Gasteiger partial charge in [-0.2, -0.15) is 0 Å². The van der Waals surface area contributed by atoms with Crippen LogP contribution in [0.1, 0.15) is 18.4 Å². The van der Waals surface area contributed by atoms with Crippen molar-refractivity contribution in [1.82, 2.24) is 10.6 Å². The Morgan fingerprint density at radius 1 is 1.00 bits per heavy atom. The molecule has 0 atom stereocenters. The molecule has 0 amide bonds. The van der Waals surface area contributed by atoms with Crippen LogP contribution in [0.25, 0.3) is 0 Å². The monoisotopic (exact) mass is 364 g/mol. The first-order valence-electron chi connectivity index (χ1n) is 7.49. The Bertz CT molecular complexity index is 455. The number of ether oxygens (including phenoxy) is 3. The van der Waals surface area contributed by atoms with Gasteiger partial charge >= 0.3 is 0 Å². The summed E-state index contributed by atoms with van der Waals surface area (Å²) in [6.45, 7) is 4.07. The topological polar surface area (TPSA) is 51.8 Å². The predicted octanol–water partition coefficient (Wildman–Crippen LogP) is -4.19. The van der Waals surface area contributed by atoms with E-state index in [1.54, 1.807) is 21.3 Å². The van der Waals surface area contributed by atoms with E-state index in [2.05, 4.69) is 10.6 Å². The van der Waals surface area contributed by atoms with Crippen LogP contribution in [0.3, 0.4) is 0 Å². The molecular formula is C16H26Cl2N2O3-2. The van der Waals surface area contributed by atoms with Gasteiger partial charge in [-0.1, -0.05) is 6.07 Å². The first kappa shape index (κ1) is 22.1. The second-order valence-electron chi connectivity index (χ2n) is 5.32. The summed E-state index contributed by atoms with van der Waals surface area (Å²) < 4.78 is 16.2. The van der Waals surface area contributed by atoms with Gasteiger partial charge in [-0.15, -0.1) is 0 Å². The zero-order valence-electron chi connectivity index (χ0n) is 14.0. The highest BCUT2D eigenvalue weighted by atomic mass is 35.5. The first-order chi connectivity index (χ1) is 10.3. The molecule has 1 aliphatic rings. The van der Waals surface area contributed by atoms with Crippen LogP contribution in [-0.2, 0) is 6.54 Å². The molecule has 2 rings (SSSR count). The van der Waals surface area contributed by atoms with Crippen molar-refractivity contribution in [2.24, 2.45) is 5.92 Å². The Kier molecular flexibility index (Phi) is 11.2. The molecule has 1 heterocycles. The van der Waals surface area contributed by atoms with Crippen molar-refractivity contribution in [2.45, 2.75) is 19.4 Å². The lowest BCUT2D eigenvalue weighted by Crippen LogP contribution is -3.00. The lowest BCUT2D eigenvalue weighted by molar-refractivity contribution is -0.00100. The minimum absolute atomic E-state index is 0. The Morgan fingerprint density at radius 2 is 1.65 bits per heavy atom. The van der Waals surface area contributed by atoms with E-state index >= 15 is 0 Å². The van der Waals surface area contributed by atoms with Crippen molar-refractivity contribution in [1.29, 1.82) is 0 Å². The number of nitrogens with one attached hydrogen (secondary N) is 2. The lowest BCUT2D eigenvalue weighted by Gasteiger charge is -2.23. The van der Waals surface area contributed by atoms with Crippen LogP contribution in [-0.4, -0.2) is 41.0 Å². The van der Waals surface area contributed by atoms with E-state index in [-0.39, 0.29) is 24.8 Å². The van der Waals surface area contributed by atoms with Crippen molar-refractivity contribution < 1.29 is 39.0 Å². The van der Waals surface area contributed by atoms with Crippen LogP contribution >= 0.6 is 0 Å². The molecule has 0 spiro atoms. The summed E-state index contributed by atoms with van der Waals surface area (Å²) in [5.74, 6) is 2.85. The van der Waals surface area contributed by atoms with Gasteiger partial charge in [0, 0.05) is 12.1 Å². The highest BCUT2D eigenvalue weighted by molar-refractivity contribution is 5.55. The number of benzene rings is 1. The molecule has 23 heavy (non-hydrogen) atoms. The fourth-order valence-electron chi connectivity index (χ4n) is 2.80. The van der Waals surface area contributed by atoms with Gasteiger partial charge in [0.2, 0.25) is 5.75 Å². The van der Waals surface area contributed by atoms with Crippen LogP contribution in [0.4, 0.5) is 0 Å². The van der Waals surface area contributed by atoms with Gasteiger partial charge in [0.25, 0.3) is 0 Å². The Morgan fingerprint density at radius 3 is 2.22 bits per heavy atom. The van der Waals surface area contributed by atoms with Gasteiger partial charge in [-0.05, 0) is 44.5 Å². The molecule has 1 aliphatic heterocycles. The highest BCUT2D eigenvalue weighted by Gasteiger charge is 2.16. The minimum Gasteiger partial charge on any atom is -1.00 e. The maximum atomic E-state index is 5.50. The average Bonchev–Trinajstić information content (AvgIpc) is 2.55. The minimum atomic E-state index is 0. The van der Waals surface area contributed by atoms with E-state index < -0.39 is 0 Å². The second-order valence-corrected chi connectivity index (χ2v) is 5.32. The van der Waals surface area contributed by atoms with Gasteiger partial charge in [-0.25, -0.2) is 0 Å². The van der Waals surface area contributed by atoms with Crippen LogP contribution < -0.4 is 49.7 Å². The van der Waals surface area contributed by atoms with E-state index in [0.29, 0.717) is 11.5 Å². The van der Waals surface area contributed by atoms with E-state index in [9.17, 15) is 0 Å². The largest absolute Gasteiger partial charge is 1.00 e. The first-order valence-corrected chi connectivity index (χ1v) is 7.49. The summed E-state index contributed by atoms with van der Waals surface area (Å²) >= 11 is 0. The summed E-state index contributed by atoms with van der Waals surface area (Å²) in [5, 5.41) is 6.92. The molecule has 0 bridgehead atoms. The van der Waals surface area contributed by atoms with Crippen LogP contribution in [0.5, 0.6) is 17.2 Å². The van der Waals surface area contributed by atoms with E-state index in [0.717, 1.165) is 43.4 Å². The third-order valence-electron chi connectivity index (χ3n) is 3.99. The van der Waals surface area contributed by atoms with Gasteiger partial charge < -0.3 is 49.7 Å². The molecule has 1 aromatic rings. The van der Waals surface area contributed by atoms with Crippen LogP contribution in [0, 0.1) is 5.92 Å². The molecular weight excluding hydrogens is 339 g/mol. The Balaban J connectivity index is 0.00000242. The average molecular weight is 365 g/mol. The number of halogens is 2. The van der Waals surface area contributed by atoms with Crippen molar-refractivity contribution in [2.75, 3.05) is 41.0 Å². The maximum Gasteiger partial charge on any atom is 0.203 e. The van der Waals surface area contributed by atoms with Crippen molar-refractivity contribution >= 4 is 0 Å². The normalized spacial score (nSPS) is 14.4.